The molecule has 0 saturated heterocycles. The van der Waals surface area contributed by atoms with Crippen LogP contribution in [-0.2, 0) is 33.6 Å². The van der Waals surface area contributed by atoms with Gasteiger partial charge in [-0.2, -0.15) is 0 Å². The first-order valence-corrected chi connectivity index (χ1v) is 5.38. The molecular weight excluding hydrogens is 388 g/mol. The number of carboxylic acids is 7. The molecule has 14 N–H and O–H groups in total. The second-order valence-corrected chi connectivity index (χ2v) is 3.70. The van der Waals surface area contributed by atoms with Crippen LogP contribution in [0.2, 0.25) is 0 Å². The fraction of sp³-hybridized carbons (Fsp3) is 0.300. The first kappa shape index (κ1) is 34.5. The van der Waals surface area contributed by atoms with Gasteiger partial charge >= 0.3 is 41.8 Å². The monoisotopic (exact) mass is 406 g/mol. The second-order valence-electron chi connectivity index (χ2n) is 3.70. The van der Waals surface area contributed by atoms with Crippen molar-refractivity contribution >= 4 is 41.8 Å². The Hall–Kier alpha value is -3.83. The zero-order valence-corrected chi connectivity index (χ0v) is 13.3. The number of aliphatic hydroxyl groups is 1. The molecule has 0 aromatic rings. The quantitative estimate of drug-likeness (QED) is 0.209. The Balaban J connectivity index is -0.0000000978. The zero-order valence-electron chi connectivity index (χ0n) is 13.3. The van der Waals surface area contributed by atoms with Crippen LogP contribution in [0.5, 0.6) is 0 Å². The fourth-order valence-corrected chi connectivity index (χ4v) is 0.714. The van der Waals surface area contributed by atoms with Crippen LogP contribution in [0, 0.1) is 0 Å². The standard InChI is InChI=1S/C6H8O7.2C2H2O4.2H3N/c7-3(8)1-6(13,5(11)12)2-4(9)10;2*3-1(4)2(5)6;;/h13H,1-2H2,(H,7,8)(H,9,10)(H,11,12);2*(H,3,4)(H,5,6);2*1H3. The van der Waals surface area contributed by atoms with Gasteiger partial charge in [0.15, 0.2) is 5.60 Å². The van der Waals surface area contributed by atoms with E-state index >= 15 is 0 Å². The zero-order chi connectivity index (χ0) is 21.0. The summed E-state index contributed by atoms with van der Waals surface area (Å²) in [5.41, 5.74) is -2.74. The van der Waals surface area contributed by atoms with E-state index in [0.29, 0.717) is 0 Å². The summed E-state index contributed by atoms with van der Waals surface area (Å²) in [5, 5.41) is 63.4. The molecule has 0 atom stereocenters. The number of hydrogen-bond acceptors (Lipinski definition) is 10. The minimum atomic E-state index is -2.74. The van der Waals surface area contributed by atoms with Crippen molar-refractivity contribution in [2.24, 2.45) is 0 Å². The highest BCUT2D eigenvalue weighted by atomic mass is 16.4. The summed E-state index contributed by atoms with van der Waals surface area (Å²) in [6.45, 7) is 0. The maximum absolute atomic E-state index is 10.3. The summed E-state index contributed by atoms with van der Waals surface area (Å²) < 4.78 is 0. The molecule has 0 aliphatic rings. The molecule has 0 spiro atoms. The topological polar surface area (TPSA) is 351 Å². The summed E-state index contributed by atoms with van der Waals surface area (Å²) in [5.74, 6) is -12.3. The van der Waals surface area contributed by atoms with Crippen molar-refractivity contribution in [3.05, 3.63) is 0 Å². The average Bonchev–Trinajstić information content (AvgIpc) is 2.37. The van der Waals surface area contributed by atoms with E-state index in [4.69, 9.17) is 60.0 Å². The highest BCUT2D eigenvalue weighted by molar-refractivity contribution is 6.27. The molecule has 0 saturated carbocycles. The van der Waals surface area contributed by atoms with Crippen LogP contribution >= 0.6 is 0 Å². The maximum atomic E-state index is 10.3. The summed E-state index contributed by atoms with van der Waals surface area (Å²) in [4.78, 5) is 66.9. The molecule has 27 heavy (non-hydrogen) atoms. The number of hydrogen-bond donors (Lipinski definition) is 10. The van der Waals surface area contributed by atoms with Crippen LogP contribution in [-0.4, -0.2) is 88.2 Å². The number of aliphatic carboxylic acids is 7. The summed E-state index contributed by atoms with van der Waals surface area (Å²) >= 11 is 0. The molecule has 0 heterocycles. The largest absolute Gasteiger partial charge is 0.481 e. The third kappa shape index (κ3) is 22.2. The average molecular weight is 406 g/mol. The lowest BCUT2D eigenvalue weighted by molar-refractivity contribution is -0.170. The molecule has 158 valence electrons. The molecule has 0 fully saturated rings. The van der Waals surface area contributed by atoms with Gasteiger partial charge < -0.3 is 53.2 Å². The molecule has 0 radical (unpaired) electrons. The first-order chi connectivity index (χ1) is 11.1. The van der Waals surface area contributed by atoms with Gasteiger partial charge in [-0.1, -0.05) is 0 Å². The van der Waals surface area contributed by atoms with Crippen LogP contribution < -0.4 is 12.3 Å². The van der Waals surface area contributed by atoms with E-state index in [-0.39, 0.29) is 12.3 Å². The molecule has 0 aromatic carbocycles. The van der Waals surface area contributed by atoms with Crippen molar-refractivity contribution in [3.63, 3.8) is 0 Å². The lowest BCUT2D eigenvalue weighted by Gasteiger charge is -2.18. The van der Waals surface area contributed by atoms with Gasteiger partial charge in [-0.25, -0.2) is 24.0 Å². The Kier molecular flexibility index (Phi) is 20.0. The van der Waals surface area contributed by atoms with E-state index in [1.807, 2.05) is 0 Å². The number of rotatable bonds is 5. The van der Waals surface area contributed by atoms with Crippen LogP contribution in [0.25, 0.3) is 0 Å². The Morgan fingerprint density at radius 3 is 0.778 bits per heavy atom. The highest BCUT2D eigenvalue weighted by Gasteiger charge is 2.40. The van der Waals surface area contributed by atoms with Gasteiger partial charge in [0.2, 0.25) is 0 Å². The predicted octanol–water partition coefficient (Wildman–Crippen LogP) is -2.61. The Bertz CT molecular complexity index is 505. The molecule has 0 rings (SSSR count). The minimum absolute atomic E-state index is 0. The summed E-state index contributed by atoms with van der Waals surface area (Å²) in [7, 11) is 0. The lowest BCUT2D eigenvalue weighted by Crippen LogP contribution is -2.42. The maximum Gasteiger partial charge on any atom is 0.414 e. The van der Waals surface area contributed by atoms with Crippen molar-refractivity contribution in [3.8, 4) is 0 Å². The van der Waals surface area contributed by atoms with Crippen LogP contribution in [0.1, 0.15) is 12.8 Å². The Morgan fingerprint density at radius 1 is 0.519 bits per heavy atom. The van der Waals surface area contributed by atoms with E-state index < -0.39 is 60.2 Å². The molecular formula is C10H18N2O15. The Labute approximate surface area is 148 Å². The molecule has 0 unspecified atom stereocenters. The van der Waals surface area contributed by atoms with Crippen molar-refractivity contribution in [1.82, 2.24) is 12.3 Å². The van der Waals surface area contributed by atoms with E-state index in [2.05, 4.69) is 0 Å². The summed E-state index contributed by atoms with van der Waals surface area (Å²) in [6, 6.07) is 0. The van der Waals surface area contributed by atoms with Crippen molar-refractivity contribution in [2.75, 3.05) is 0 Å². The molecule has 0 aliphatic heterocycles. The van der Waals surface area contributed by atoms with Crippen molar-refractivity contribution in [1.29, 1.82) is 0 Å². The van der Waals surface area contributed by atoms with E-state index in [1.165, 1.54) is 0 Å². The van der Waals surface area contributed by atoms with Gasteiger partial charge in [0.25, 0.3) is 0 Å². The van der Waals surface area contributed by atoms with E-state index in [0.717, 1.165) is 0 Å². The van der Waals surface area contributed by atoms with E-state index in [1.54, 1.807) is 0 Å². The van der Waals surface area contributed by atoms with Gasteiger partial charge in [-0.05, 0) is 0 Å². The summed E-state index contributed by atoms with van der Waals surface area (Å²) in [6.07, 6.45) is -2.29. The normalized spacial score (nSPS) is 8.48. The predicted molar refractivity (Wildman–Crippen MR) is 77.7 cm³/mol. The fourth-order valence-electron chi connectivity index (χ4n) is 0.714. The Morgan fingerprint density at radius 2 is 0.704 bits per heavy atom. The molecule has 17 nitrogen and oxygen atoms in total. The molecule has 0 amide bonds. The first-order valence-electron chi connectivity index (χ1n) is 5.38. The van der Waals surface area contributed by atoms with Crippen molar-refractivity contribution in [2.45, 2.75) is 18.4 Å². The smallest absolute Gasteiger partial charge is 0.414 e. The van der Waals surface area contributed by atoms with Gasteiger partial charge in [-0.15, -0.1) is 0 Å². The SMILES string of the molecule is N.N.O=C(O)C(=O)O.O=C(O)C(=O)O.O=C(O)CC(O)(CC(=O)O)C(=O)O. The second kappa shape index (κ2) is 15.7. The third-order valence-corrected chi connectivity index (χ3v) is 1.65. The lowest BCUT2D eigenvalue weighted by atomic mass is 9.96. The number of carboxylic acid groups (broad SMARTS) is 7. The van der Waals surface area contributed by atoms with Crippen molar-refractivity contribution < 1.29 is 74.4 Å². The van der Waals surface area contributed by atoms with Gasteiger partial charge in [0, 0.05) is 0 Å². The minimum Gasteiger partial charge on any atom is -0.481 e. The van der Waals surface area contributed by atoms with Gasteiger partial charge in [-0.3, -0.25) is 9.59 Å². The third-order valence-electron chi connectivity index (χ3n) is 1.65. The highest BCUT2D eigenvalue weighted by Crippen LogP contribution is 2.15. The van der Waals surface area contributed by atoms with Crippen LogP contribution in [0.3, 0.4) is 0 Å². The van der Waals surface area contributed by atoms with Crippen LogP contribution in [0.4, 0.5) is 0 Å². The van der Waals surface area contributed by atoms with Gasteiger partial charge in [0.05, 0.1) is 12.8 Å². The molecule has 17 heteroatoms. The van der Waals surface area contributed by atoms with Gasteiger partial charge in [0.1, 0.15) is 0 Å². The van der Waals surface area contributed by atoms with Crippen LogP contribution in [0.15, 0.2) is 0 Å². The van der Waals surface area contributed by atoms with E-state index in [9.17, 15) is 14.4 Å². The molecule has 0 aromatic heterocycles. The molecule has 0 bridgehead atoms. The number of carbonyl (C=O) groups is 7. The molecule has 0 aliphatic carbocycles.